The Morgan fingerprint density at radius 1 is 1.53 bits per heavy atom. The van der Waals surface area contributed by atoms with Crippen LogP contribution in [0.4, 0.5) is 0 Å². The lowest BCUT2D eigenvalue weighted by Crippen LogP contribution is -2.39. The van der Waals surface area contributed by atoms with Crippen LogP contribution in [0.5, 0.6) is 0 Å². The Balaban J connectivity index is 2.05. The fraction of sp³-hybridized carbons (Fsp3) is 0.571. The van der Waals surface area contributed by atoms with Crippen LogP contribution in [0.25, 0.3) is 0 Å². The number of carbonyl (C=O) groups is 1. The summed E-state index contributed by atoms with van der Waals surface area (Å²) in [7, 11) is 0. The normalized spacial score (nSPS) is 19.1. The zero-order chi connectivity index (χ0) is 13.9. The zero-order valence-corrected chi connectivity index (χ0v) is 11.6. The lowest BCUT2D eigenvalue weighted by atomic mass is 9.84. The first kappa shape index (κ1) is 14.0. The number of hydrogen-bond acceptors (Lipinski definition) is 4. The van der Waals surface area contributed by atoms with Crippen molar-refractivity contribution in [3.8, 4) is 0 Å². The minimum atomic E-state index is -0.346. The van der Waals surface area contributed by atoms with E-state index in [1.54, 1.807) is 6.07 Å². The van der Waals surface area contributed by atoms with Gasteiger partial charge in [0.25, 0.3) is 5.91 Å². The summed E-state index contributed by atoms with van der Waals surface area (Å²) in [4.78, 5) is 18.2. The van der Waals surface area contributed by atoms with Gasteiger partial charge in [0, 0.05) is 13.1 Å². The first-order valence-electron chi connectivity index (χ1n) is 6.69. The van der Waals surface area contributed by atoms with Crippen molar-refractivity contribution >= 4 is 5.91 Å². The third kappa shape index (κ3) is 3.75. The summed E-state index contributed by atoms with van der Waals surface area (Å²) in [6.45, 7) is 7.55. The Labute approximate surface area is 114 Å². The number of nitrogens with two attached hydrogens (primary N) is 1. The van der Waals surface area contributed by atoms with Crippen molar-refractivity contribution in [2.45, 2.75) is 33.2 Å². The molecule has 0 radical (unpaired) electrons. The molecular weight excluding hydrogens is 240 g/mol. The van der Waals surface area contributed by atoms with Crippen molar-refractivity contribution in [1.29, 1.82) is 0 Å². The maximum atomic E-state index is 11.4. The number of amides is 1. The van der Waals surface area contributed by atoms with Gasteiger partial charge in [0.2, 0.25) is 0 Å². The highest BCUT2D eigenvalue weighted by Crippen LogP contribution is 2.28. The Hall–Kier alpha value is -1.46. The molecule has 2 heterocycles. The second-order valence-electron chi connectivity index (χ2n) is 5.97. The summed E-state index contributed by atoms with van der Waals surface area (Å²) < 4.78 is 0. The lowest BCUT2D eigenvalue weighted by Gasteiger charge is -2.37. The van der Waals surface area contributed by atoms with Gasteiger partial charge < -0.3 is 0 Å². The van der Waals surface area contributed by atoms with Gasteiger partial charge in [0.15, 0.2) is 0 Å². The molecule has 1 fully saturated rings. The van der Waals surface area contributed by atoms with E-state index in [1.165, 1.54) is 12.8 Å². The van der Waals surface area contributed by atoms with Crippen LogP contribution in [0.3, 0.4) is 0 Å². The number of hydrogen-bond donors (Lipinski definition) is 2. The van der Waals surface area contributed by atoms with E-state index in [1.807, 2.05) is 12.1 Å². The maximum Gasteiger partial charge on any atom is 0.283 e. The highest BCUT2D eigenvalue weighted by Gasteiger charge is 2.26. The molecule has 1 amide bonds. The molecule has 0 aromatic carbocycles. The largest absolute Gasteiger partial charge is 0.297 e. The van der Waals surface area contributed by atoms with Crippen LogP contribution in [0.2, 0.25) is 0 Å². The molecule has 1 aliphatic heterocycles. The lowest BCUT2D eigenvalue weighted by molar-refractivity contribution is 0.0945. The summed E-state index contributed by atoms with van der Waals surface area (Å²) in [6.07, 6.45) is 2.49. The van der Waals surface area contributed by atoms with E-state index in [9.17, 15) is 4.79 Å². The highest BCUT2D eigenvalue weighted by atomic mass is 16.2. The summed E-state index contributed by atoms with van der Waals surface area (Å²) >= 11 is 0. The van der Waals surface area contributed by atoms with E-state index < -0.39 is 0 Å². The molecule has 0 bridgehead atoms. The number of nitrogens with zero attached hydrogens (tertiary/aromatic N) is 2. The fourth-order valence-corrected chi connectivity index (χ4v) is 2.68. The standard InChI is InChI=1S/C14H22N4O/c1-14(2)7-4-8-18(10-14)9-11-5-3-6-12(16-11)13(19)17-15/h3,5-6H,4,7-10,15H2,1-2H3,(H,17,19). The molecule has 1 saturated heterocycles. The number of piperidine rings is 1. The van der Waals surface area contributed by atoms with Gasteiger partial charge in [0.1, 0.15) is 5.69 Å². The van der Waals surface area contributed by atoms with Crippen molar-refractivity contribution < 1.29 is 4.79 Å². The molecule has 2 rings (SSSR count). The number of rotatable bonds is 3. The molecule has 0 atom stereocenters. The van der Waals surface area contributed by atoms with E-state index in [0.717, 1.165) is 25.3 Å². The minimum absolute atomic E-state index is 0.346. The van der Waals surface area contributed by atoms with Gasteiger partial charge in [-0.1, -0.05) is 19.9 Å². The van der Waals surface area contributed by atoms with Gasteiger partial charge in [-0.15, -0.1) is 0 Å². The number of hydrazine groups is 1. The van der Waals surface area contributed by atoms with Gasteiger partial charge in [-0.25, -0.2) is 10.8 Å². The second-order valence-corrected chi connectivity index (χ2v) is 5.97. The summed E-state index contributed by atoms with van der Waals surface area (Å²) in [6, 6.07) is 5.47. The fourth-order valence-electron chi connectivity index (χ4n) is 2.68. The summed E-state index contributed by atoms with van der Waals surface area (Å²) in [5.74, 6) is 4.78. The van der Waals surface area contributed by atoms with Crippen molar-refractivity contribution in [2.75, 3.05) is 13.1 Å². The Kier molecular flexibility index (Phi) is 4.17. The minimum Gasteiger partial charge on any atom is -0.297 e. The molecule has 3 N–H and O–H groups in total. The number of carbonyl (C=O) groups excluding carboxylic acids is 1. The second kappa shape index (κ2) is 5.67. The Bertz CT molecular complexity index is 459. The number of aromatic nitrogens is 1. The van der Waals surface area contributed by atoms with Gasteiger partial charge in [-0.05, 0) is 36.9 Å². The predicted molar refractivity (Wildman–Crippen MR) is 74.2 cm³/mol. The molecule has 0 aliphatic carbocycles. The van der Waals surface area contributed by atoms with Crippen LogP contribution >= 0.6 is 0 Å². The number of nitrogen functional groups attached to an aromatic ring is 1. The van der Waals surface area contributed by atoms with E-state index >= 15 is 0 Å². The summed E-state index contributed by atoms with van der Waals surface area (Å²) in [5.41, 5.74) is 3.76. The molecule has 0 spiro atoms. The number of nitrogens with one attached hydrogen (secondary N) is 1. The average Bonchev–Trinajstić information content (AvgIpc) is 2.37. The van der Waals surface area contributed by atoms with Crippen molar-refractivity contribution in [1.82, 2.24) is 15.3 Å². The molecule has 1 aliphatic rings. The molecule has 5 heteroatoms. The Morgan fingerprint density at radius 3 is 3.00 bits per heavy atom. The van der Waals surface area contributed by atoms with E-state index in [0.29, 0.717) is 11.1 Å². The molecule has 1 aromatic heterocycles. The number of pyridine rings is 1. The van der Waals surface area contributed by atoms with Gasteiger partial charge in [-0.2, -0.15) is 0 Å². The molecule has 104 valence electrons. The van der Waals surface area contributed by atoms with Crippen LogP contribution in [0, 0.1) is 5.41 Å². The quantitative estimate of drug-likeness (QED) is 0.489. The van der Waals surface area contributed by atoms with Crippen LogP contribution in [0.1, 0.15) is 42.9 Å². The topological polar surface area (TPSA) is 71.2 Å². The molecular formula is C14H22N4O. The van der Waals surface area contributed by atoms with Crippen LogP contribution in [0.15, 0.2) is 18.2 Å². The van der Waals surface area contributed by atoms with E-state index in [2.05, 4.69) is 29.2 Å². The molecule has 19 heavy (non-hydrogen) atoms. The zero-order valence-electron chi connectivity index (χ0n) is 11.6. The Morgan fingerprint density at radius 2 is 2.32 bits per heavy atom. The van der Waals surface area contributed by atoms with E-state index in [4.69, 9.17) is 5.84 Å². The molecule has 5 nitrogen and oxygen atoms in total. The first-order chi connectivity index (χ1) is 9.00. The smallest absolute Gasteiger partial charge is 0.283 e. The molecule has 1 aromatic rings. The van der Waals surface area contributed by atoms with Gasteiger partial charge >= 0.3 is 0 Å². The van der Waals surface area contributed by atoms with Gasteiger partial charge in [0.05, 0.1) is 5.69 Å². The third-order valence-electron chi connectivity index (χ3n) is 3.54. The highest BCUT2D eigenvalue weighted by molar-refractivity contribution is 5.91. The van der Waals surface area contributed by atoms with Gasteiger partial charge in [-0.3, -0.25) is 15.1 Å². The number of likely N-dealkylation sites (tertiary alicyclic amines) is 1. The van der Waals surface area contributed by atoms with Crippen molar-refractivity contribution in [3.63, 3.8) is 0 Å². The van der Waals surface area contributed by atoms with Crippen molar-refractivity contribution in [2.24, 2.45) is 11.3 Å². The monoisotopic (exact) mass is 262 g/mol. The predicted octanol–water partition coefficient (Wildman–Crippen LogP) is 1.31. The maximum absolute atomic E-state index is 11.4. The molecule has 0 saturated carbocycles. The average molecular weight is 262 g/mol. The van der Waals surface area contributed by atoms with E-state index in [-0.39, 0.29) is 5.91 Å². The molecule has 0 unspecified atom stereocenters. The van der Waals surface area contributed by atoms with Crippen LogP contribution in [-0.2, 0) is 6.54 Å². The first-order valence-corrected chi connectivity index (χ1v) is 6.69. The van der Waals surface area contributed by atoms with Crippen LogP contribution in [-0.4, -0.2) is 28.9 Å². The van der Waals surface area contributed by atoms with Crippen molar-refractivity contribution in [3.05, 3.63) is 29.6 Å². The SMILES string of the molecule is CC1(C)CCCN(Cc2cccc(C(=O)NN)n2)C1. The summed E-state index contributed by atoms with van der Waals surface area (Å²) in [5, 5.41) is 0. The van der Waals surface area contributed by atoms with Crippen LogP contribution < -0.4 is 11.3 Å². The third-order valence-corrected chi connectivity index (χ3v) is 3.54.